The summed E-state index contributed by atoms with van der Waals surface area (Å²) < 4.78 is 5.33. The van der Waals surface area contributed by atoms with Crippen molar-refractivity contribution in [3.05, 3.63) is 98.6 Å². The fourth-order valence-corrected chi connectivity index (χ4v) is 6.01. The van der Waals surface area contributed by atoms with Crippen LogP contribution >= 0.6 is 0 Å². The summed E-state index contributed by atoms with van der Waals surface area (Å²) in [5, 5.41) is 11.1. The highest BCUT2D eigenvalue weighted by molar-refractivity contribution is 6.03. The number of ketones is 1. The van der Waals surface area contributed by atoms with Gasteiger partial charge in [0.25, 0.3) is 5.69 Å². The lowest BCUT2D eigenvalue weighted by atomic mass is 9.68. The van der Waals surface area contributed by atoms with E-state index in [9.17, 15) is 19.7 Å². The zero-order valence-electron chi connectivity index (χ0n) is 20.5. The first-order valence-electron chi connectivity index (χ1n) is 12.6. The number of nitrogens with zero attached hydrogens (tertiary/aromatic N) is 1. The van der Waals surface area contributed by atoms with E-state index in [-0.39, 0.29) is 35.2 Å². The monoisotopic (exact) mass is 483 g/mol. The molecular weight excluding hydrogens is 454 g/mol. The van der Waals surface area contributed by atoms with Crippen molar-refractivity contribution in [2.24, 2.45) is 5.92 Å². The SMILES string of the molecule is CCOC(=O)C(C)C1CCCc2c1ccc1c2C(C(=O)c2ccc([N+](=O)[O-])cc2)Cc2ccccc2-1. The van der Waals surface area contributed by atoms with Gasteiger partial charge in [-0.15, -0.1) is 0 Å². The van der Waals surface area contributed by atoms with E-state index in [0.717, 1.165) is 47.1 Å². The average Bonchev–Trinajstić information content (AvgIpc) is 2.91. The number of non-ortho nitro benzene ring substituents is 1. The molecule has 6 heteroatoms. The normalized spacial score (nSPS) is 18.8. The molecule has 2 aliphatic rings. The van der Waals surface area contributed by atoms with Crippen molar-refractivity contribution in [1.82, 2.24) is 0 Å². The Hall–Kier alpha value is -3.80. The van der Waals surface area contributed by atoms with Crippen molar-refractivity contribution in [1.29, 1.82) is 0 Å². The number of carbonyl (C=O) groups is 2. The molecule has 0 saturated heterocycles. The molecule has 0 radical (unpaired) electrons. The Morgan fingerprint density at radius 1 is 1.06 bits per heavy atom. The number of hydrogen-bond donors (Lipinski definition) is 0. The smallest absolute Gasteiger partial charge is 0.309 e. The maximum atomic E-state index is 13.9. The summed E-state index contributed by atoms with van der Waals surface area (Å²) in [5.74, 6) is -0.818. The van der Waals surface area contributed by atoms with Crippen LogP contribution in [0.25, 0.3) is 11.1 Å². The molecule has 3 atom stereocenters. The largest absolute Gasteiger partial charge is 0.466 e. The minimum atomic E-state index is -0.457. The van der Waals surface area contributed by atoms with Crippen LogP contribution in [-0.4, -0.2) is 23.3 Å². The third-order valence-electron chi connectivity index (χ3n) is 7.76. The van der Waals surface area contributed by atoms with Gasteiger partial charge in [-0.1, -0.05) is 43.3 Å². The van der Waals surface area contributed by atoms with Crippen molar-refractivity contribution in [2.45, 2.75) is 51.4 Å². The summed E-state index contributed by atoms with van der Waals surface area (Å²) in [4.78, 5) is 37.2. The van der Waals surface area contributed by atoms with Gasteiger partial charge in [0.2, 0.25) is 0 Å². The minimum absolute atomic E-state index is 0.0328. The van der Waals surface area contributed by atoms with Crippen LogP contribution in [0.3, 0.4) is 0 Å². The van der Waals surface area contributed by atoms with Gasteiger partial charge < -0.3 is 4.74 Å². The molecule has 0 heterocycles. The van der Waals surface area contributed by atoms with Crippen molar-refractivity contribution < 1.29 is 19.2 Å². The van der Waals surface area contributed by atoms with Crippen LogP contribution in [0.4, 0.5) is 5.69 Å². The van der Waals surface area contributed by atoms with E-state index in [0.29, 0.717) is 18.6 Å². The van der Waals surface area contributed by atoms with Crippen LogP contribution in [0.5, 0.6) is 0 Å². The molecule has 0 fully saturated rings. The number of esters is 1. The Bertz CT molecular complexity index is 1340. The first-order chi connectivity index (χ1) is 17.4. The molecule has 0 aromatic heterocycles. The standard InChI is InChI=1S/C30H29NO5/c1-3-36-30(33)18(2)22-9-6-10-25-24(22)15-16-26-23-8-5-4-7-20(23)17-27(28(25)26)29(32)19-11-13-21(14-12-19)31(34)35/h4-5,7-8,11-16,18,22,27H,3,6,9-10,17H2,1-2H3. The first-order valence-corrected chi connectivity index (χ1v) is 12.6. The molecule has 6 nitrogen and oxygen atoms in total. The molecule has 3 aromatic rings. The number of fused-ring (bicyclic) bond motifs is 5. The predicted molar refractivity (Wildman–Crippen MR) is 137 cm³/mol. The highest BCUT2D eigenvalue weighted by atomic mass is 16.6. The van der Waals surface area contributed by atoms with Crippen molar-refractivity contribution >= 4 is 17.4 Å². The molecule has 0 aliphatic heterocycles. The van der Waals surface area contributed by atoms with Gasteiger partial charge in [0.05, 0.1) is 23.4 Å². The number of nitro benzene ring substituents is 1. The Kier molecular flexibility index (Phi) is 6.44. The van der Waals surface area contributed by atoms with Gasteiger partial charge in [-0.25, -0.2) is 0 Å². The molecular formula is C30H29NO5. The summed E-state index contributed by atoms with van der Waals surface area (Å²) in [5.41, 5.74) is 7.14. The molecule has 184 valence electrons. The number of nitro groups is 1. The molecule has 36 heavy (non-hydrogen) atoms. The van der Waals surface area contributed by atoms with Gasteiger partial charge in [-0.05, 0) is 84.0 Å². The second-order valence-electron chi connectivity index (χ2n) is 9.72. The maximum absolute atomic E-state index is 13.9. The summed E-state index contributed by atoms with van der Waals surface area (Å²) in [7, 11) is 0. The predicted octanol–water partition coefficient (Wildman–Crippen LogP) is 6.40. The quantitative estimate of drug-likeness (QED) is 0.175. The number of hydrogen-bond acceptors (Lipinski definition) is 5. The van der Waals surface area contributed by atoms with Gasteiger partial charge >= 0.3 is 5.97 Å². The molecule has 0 spiro atoms. The Morgan fingerprint density at radius 3 is 2.53 bits per heavy atom. The highest BCUT2D eigenvalue weighted by Crippen LogP contribution is 2.48. The average molecular weight is 484 g/mol. The molecule has 2 aliphatic carbocycles. The Balaban J connectivity index is 1.63. The van der Waals surface area contributed by atoms with Crippen LogP contribution in [-0.2, 0) is 22.4 Å². The summed E-state index contributed by atoms with van der Waals surface area (Å²) in [6.45, 7) is 4.11. The van der Waals surface area contributed by atoms with Crippen LogP contribution in [0.1, 0.15) is 71.1 Å². The molecule has 0 amide bonds. The van der Waals surface area contributed by atoms with Crippen LogP contribution in [0.2, 0.25) is 0 Å². The van der Waals surface area contributed by atoms with E-state index in [1.807, 2.05) is 26.0 Å². The zero-order chi connectivity index (χ0) is 25.4. The molecule has 0 bridgehead atoms. The van der Waals surface area contributed by atoms with E-state index in [1.165, 1.54) is 17.7 Å². The van der Waals surface area contributed by atoms with Crippen LogP contribution < -0.4 is 0 Å². The number of benzene rings is 3. The lowest BCUT2D eigenvalue weighted by molar-refractivity contribution is -0.384. The summed E-state index contributed by atoms with van der Waals surface area (Å²) in [6, 6.07) is 18.3. The van der Waals surface area contributed by atoms with Crippen molar-refractivity contribution in [2.75, 3.05) is 6.61 Å². The summed E-state index contributed by atoms with van der Waals surface area (Å²) in [6.07, 6.45) is 3.28. The van der Waals surface area contributed by atoms with Gasteiger partial charge in [0.1, 0.15) is 0 Å². The van der Waals surface area contributed by atoms with E-state index in [2.05, 4.69) is 24.3 Å². The van der Waals surface area contributed by atoms with Gasteiger partial charge in [0.15, 0.2) is 5.78 Å². The lowest BCUT2D eigenvalue weighted by Crippen LogP contribution is -2.28. The molecule has 0 saturated carbocycles. The van der Waals surface area contributed by atoms with E-state index in [4.69, 9.17) is 4.74 Å². The second-order valence-corrected chi connectivity index (χ2v) is 9.72. The fourth-order valence-electron chi connectivity index (χ4n) is 6.01. The molecule has 5 rings (SSSR count). The van der Waals surface area contributed by atoms with Gasteiger partial charge in [-0.2, -0.15) is 0 Å². The minimum Gasteiger partial charge on any atom is -0.466 e. The van der Waals surface area contributed by atoms with Crippen molar-refractivity contribution in [3.8, 4) is 11.1 Å². The molecule has 3 aromatic carbocycles. The Labute approximate surface area is 210 Å². The summed E-state index contributed by atoms with van der Waals surface area (Å²) >= 11 is 0. The second kappa shape index (κ2) is 9.69. The van der Waals surface area contributed by atoms with E-state index >= 15 is 0 Å². The number of Topliss-reactive ketones (excluding diaryl/α,β-unsaturated/α-hetero) is 1. The third kappa shape index (κ3) is 4.11. The Morgan fingerprint density at radius 2 is 1.81 bits per heavy atom. The molecule has 0 N–H and O–H groups in total. The topological polar surface area (TPSA) is 86.5 Å². The number of carbonyl (C=O) groups excluding carboxylic acids is 2. The van der Waals surface area contributed by atoms with Gasteiger partial charge in [-0.3, -0.25) is 19.7 Å². The first kappa shape index (κ1) is 23.9. The number of ether oxygens (including phenoxy) is 1. The maximum Gasteiger partial charge on any atom is 0.309 e. The van der Waals surface area contributed by atoms with E-state index in [1.54, 1.807) is 12.1 Å². The lowest BCUT2D eigenvalue weighted by Gasteiger charge is -2.36. The van der Waals surface area contributed by atoms with Crippen molar-refractivity contribution in [3.63, 3.8) is 0 Å². The van der Waals surface area contributed by atoms with Crippen LogP contribution in [0.15, 0.2) is 60.7 Å². The molecule has 3 unspecified atom stereocenters. The fraction of sp³-hybridized carbons (Fsp3) is 0.333. The highest BCUT2D eigenvalue weighted by Gasteiger charge is 2.37. The zero-order valence-corrected chi connectivity index (χ0v) is 20.5. The number of rotatable bonds is 6. The third-order valence-corrected chi connectivity index (χ3v) is 7.76. The van der Waals surface area contributed by atoms with E-state index < -0.39 is 4.92 Å². The van der Waals surface area contributed by atoms with Crippen LogP contribution in [0, 0.1) is 16.0 Å². The van der Waals surface area contributed by atoms with Gasteiger partial charge in [0, 0.05) is 17.7 Å².